The summed E-state index contributed by atoms with van der Waals surface area (Å²) in [6, 6.07) is 5.86. The zero-order valence-corrected chi connectivity index (χ0v) is 14.6. The van der Waals surface area contributed by atoms with Crippen molar-refractivity contribution in [2.24, 2.45) is 5.92 Å². The summed E-state index contributed by atoms with van der Waals surface area (Å²) in [5, 5.41) is 3.94. The molecule has 1 aliphatic carbocycles. The van der Waals surface area contributed by atoms with E-state index in [0.717, 1.165) is 5.92 Å². The smallest absolute Gasteiger partial charge is 0.0297 e. The van der Waals surface area contributed by atoms with Crippen molar-refractivity contribution in [3.63, 3.8) is 0 Å². The SMILES string of the molecule is CCC(NC(C)c1cc(C)c(C)cc1C)C1CCCCC1. The van der Waals surface area contributed by atoms with E-state index in [0.29, 0.717) is 12.1 Å². The molecule has 0 heterocycles. The van der Waals surface area contributed by atoms with Gasteiger partial charge in [-0.3, -0.25) is 0 Å². The summed E-state index contributed by atoms with van der Waals surface area (Å²) >= 11 is 0. The fourth-order valence-corrected chi connectivity index (χ4v) is 3.98. The summed E-state index contributed by atoms with van der Waals surface area (Å²) in [6.07, 6.45) is 8.39. The molecular weight excluding hydrogens is 254 g/mol. The third-order valence-corrected chi connectivity index (χ3v) is 5.47. The minimum Gasteiger partial charge on any atom is -0.307 e. The summed E-state index contributed by atoms with van der Waals surface area (Å²) in [7, 11) is 0. The van der Waals surface area contributed by atoms with E-state index in [9.17, 15) is 0 Å². The van der Waals surface area contributed by atoms with Gasteiger partial charge in [0.2, 0.25) is 0 Å². The molecule has 0 saturated heterocycles. The normalized spacial score (nSPS) is 19.5. The van der Waals surface area contributed by atoms with Gasteiger partial charge in [-0.15, -0.1) is 0 Å². The zero-order chi connectivity index (χ0) is 15.4. The average Bonchev–Trinajstić information content (AvgIpc) is 2.49. The fourth-order valence-electron chi connectivity index (χ4n) is 3.98. The maximum Gasteiger partial charge on any atom is 0.0297 e. The van der Waals surface area contributed by atoms with E-state index in [4.69, 9.17) is 0 Å². The minimum absolute atomic E-state index is 0.455. The third-order valence-electron chi connectivity index (χ3n) is 5.47. The van der Waals surface area contributed by atoms with Crippen LogP contribution < -0.4 is 5.32 Å². The first kappa shape index (κ1) is 16.5. The Hall–Kier alpha value is -0.820. The molecule has 0 bridgehead atoms. The second-order valence-corrected chi connectivity index (χ2v) is 7.09. The van der Waals surface area contributed by atoms with Gasteiger partial charge in [-0.2, -0.15) is 0 Å². The molecule has 118 valence electrons. The quantitative estimate of drug-likeness (QED) is 0.741. The molecule has 1 saturated carbocycles. The van der Waals surface area contributed by atoms with Crippen LogP contribution >= 0.6 is 0 Å². The highest BCUT2D eigenvalue weighted by atomic mass is 15.0. The highest BCUT2D eigenvalue weighted by Gasteiger charge is 2.24. The number of benzene rings is 1. The van der Waals surface area contributed by atoms with Gasteiger partial charge in [-0.25, -0.2) is 0 Å². The Morgan fingerprint density at radius 2 is 1.62 bits per heavy atom. The van der Waals surface area contributed by atoms with Crippen molar-refractivity contribution >= 4 is 0 Å². The molecule has 1 aromatic carbocycles. The van der Waals surface area contributed by atoms with E-state index in [-0.39, 0.29) is 0 Å². The van der Waals surface area contributed by atoms with Crippen LogP contribution in [0.1, 0.15) is 80.7 Å². The molecule has 2 unspecified atom stereocenters. The second kappa shape index (κ2) is 7.45. The van der Waals surface area contributed by atoms with Gasteiger partial charge in [-0.1, -0.05) is 38.3 Å². The Morgan fingerprint density at radius 1 is 1.00 bits per heavy atom. The molecular formula is C20H33N. The summed E-state index contributed by atoms with van der Waals surface area (Å²) < 4.78 is 0. The molecule has 1 aromatic rings. The van der Waals surface area contributed by atoms with Gasteiger partial charge in [0.1, 0.15) is 0 Å². The largest absolute Gasteiger partial charge is 0.307 e. The van der Waals surface area contributed by atoms with E-state index < -0.39 is 0 Å². The van der Waals surface area contributed by atoms with Crippen molar-refractivity contribution in [1.29, 1.82) is 0 Å². The molecule has 1 fully saturated rings. The summed E-state index contributed by atoms with van der Waals surface area (Å²) in [5.41, 5.74) is 5.72. The Balaban J connectivity index is 2.08. The Kier molecular flexibility index (Phi) is 5.87. The number of hydrogen-bond donors (Lipinski definition) is 1. The van der Waals surface area contributed by atoms with Crippen molar-refractivity contribution in [2.75, 3.05) is 0 Å². The van der Waals surface area contributed by atoms with Crippen LogP contribution in [0.4, 0.5) is 0 Å². The molecule has 1 aliphatic rings. The molecule has 1 heteroatoms. The van der Waals surface area contributed by atoms with Gasteiger partial charge in [0.25, 0.3) is 0 Å². The van der Waals surface area contributed by atoms with Gasteiger partial charge in [0, 0.05) is 12.1 Å². The van der Waals surface area contributed by atoms with E-state index in [2.05, 4.69) is 52.1 Å². The molecule has 1 N–H and O–H groups in total. The highest BCUT2D eigenvalue weighted by molar-refractivity contribution is 5.38. The first-order valence-electron chi connectivity index (χ1n) is 8.86. The Morgan fingerprint density at radius 3 is 2.24 bits per heavy atom. The molecule has 1 nitrogen and oxygen atoms in total. The van der Waals surface area contributed by atoms with E-state index >= 15 is 0 Å². The van der Waals surface area contributed by atoms with Gasteiger partial charge in [0.05, 0.1) is 0 Å². The number of aryl methyl sites for hydroxylation is 3. The number of hydrogen-bond acceptors (Lipinski definition) is 1. The average molecular weight is 287 g/mol. The summed E-state index contributed by atoms with van der Waals surface area (Å²) in [6.45, 7) is 11.4. The minimum atomic E-state index is 0.455. The van der Waals surface area contributed by atoms with E-state index in [1.54, 1.807) is 0 Å². The van der Waals surface area contributed by atoms with Crippen LogP contribution in [0, 0.1) is 26.7 Å². The fraction of sp³-hybridized carbons (Fsp3) is 0.700. The van der Waals surface area contributed by atoms with Crippen LogP contribution in [-0.4, -0.2) is 6.04 Å². The van der Waals surface area contributed by atoms with Crippen LogP contribution in [0.25, 0.3) is 0 Å². The molecule has 0 spiro atoms. The van der Waals surface area contributed by atoms with Crippen molar-refractivity contribution in [2.45, 2.75) is 85.2 Å². The predicted octanol–water partition coefficient (Wildman–Crippen LogP) is 5.62. The second-order valence-electron chi connectivity index (χ2n) is 7.09. The first-order chi connectivity index (χ1) is 10.0. The molecule has 0 aromatic heterocycles. The monoisotopic (exact) mass is 287 g/mol. The van der Waals surface area contributed by atoms with Crippen LogP contribution in [0.3, 0.4) is 0 Å². The zero-order valence-electron chi connectivity index (χ0n) is 14.6. The molecule has 0 aliphatic heterocycles. The Labute approximate surface area is 131 Å². The van der Waals surface area contributed by atoms with Gasteiger partial charge < -0.3 is 5.32 Å². The lowest BCUT2D eigenvalue weighted by Crippen LogP contribution is -2.38. The predicted molar refractivity (Wildman–Crippen MR) is 92.9 cm³/mol. The van der Waals surface area contributed by atoms with Crippen LogP contribution in [-0.2, 0) is 0 Å². The standard InChI is InChI=1S/C20H33N/c1-6-20(18-10-8-7-9-11-18)21-17(5)19-13-15(3)14(2)12-16(19)4/h12-13,17-18,20-21H,6-11H2,1-5H3. The van der Waals surface area contributed by atoms with Gasteiger partial charge >= 0.3 is 0 Å². The lowest BCUT2D eigenvalue weighted by molar-refractivity contribution is 0.249. The lowest BCUT2D eigenvalue weighted by Gasteiger charge is -2.33. The number of nitrogens with one attached hydrogen (secondary N) is 1. The number of rotatable bonds is 5. The van der Waals surface area contributed by atoms with Gasteiger partial charge in [0.15, 0.2) is 0 Å². The Bertz CT molecular complexity index is 457. The first-order valence-corrected chi connectivity index (χ1v) is 8.86. The van der Waals surface area contributed by atoms with Gasteiger partial charge in [-0.05, 0) is 75.1 Å². The molecule has 0 amide bonds. The highest BCUT2D eigenvalue weighted by Crippen LogP contribution is 2.30. The molecule has 21 heavy (non-hydrogen) atoms. The molecule has 0 radical (unpaired) electrons. The van der Waals surface area contributed by atoms with Crippen molar-refractivity contribution < 1.29 is 0 Å². The van der Waals surface area contributed by atoms with Crippen molar-refractivity contribution in [3.05, 3.63) is 34.4 Å². The van der Waals surface area contributed by atoms with E-state index in [1.165, 1.54) is 60.8 Å². The summed E-state index contributed by atoms with van der Waals surface area (Å²) in [4.78, 5) is 0. The van der Waals surface area contributed by atoms with Crippen LogP contribution in [0.5, 0.6) is 0 Å². The van der Waals surface area contributed by atoms with Crippen molar-refractivity contribution in [3.8, 4) is 0 Å². The van der Waals surface area contributed by atoms with Crippen LogP contribution in [0.15, 0.2) is 12.1 Å². The third kappa shape index (κ3) is 4.10. The topological polar surface area (TPSA) is 12.0 Å². The lowest BCUT2D eigenvalue weighted by atomic mass is 9.82. The molecule has 2 rings (SSSR count). The summed E-state index contributed by atoms with van der Waals surface area (Å²) in [5.74, 6) is 0.887. The van der Waals surface area contributed by atoms with Crippen LogP contribution in [0.2, 0.25) is 0 Å². The van der Waals surface area contributed by atoms with E-state index in [1.807, 2.05) is 0 Å². The maximum absolute atomic E-state index is 3.94. The molecule has 2 atom stereocenters. The maximum atomic E-state index is 3.94. The van der Waals surface area contributed by atoms with Crippen molar-refractivity contribution in [1.82, 2.24) is 5.32 Å².